The summed E-state index contributed by atoms with van der Waals surface area (Å²) in [4.78, 5) is 42.6. The van der Waals surface area contributed by atoms with Crippen LogP contribution in [0.15, 0.2) is 0 Å². The van der Waals surface area contributed by atoms with Crippen LogP contribution in [-0.2, 0) is 14.4 Å². The molecule has 0 aliphatic carbocycles. The molecule has 3 heterocycles. The normalized spacial score (nSPS) is 34.3. The molecule has 7 nitrogen and oxygen atoms in total. The third-order valence-electron chi connectivity index (χ3n) is 7.75. The van der Waals surface area contributed by atoms with Crippen LogP contribution < -0.4 is 10.6 Å². The highest BCUT2D eigenvalue weighted by atomic mass is 79.9. The average Bonchev–Trinajstić information content (AvgIpc) is 3.39. The van der Waals surface area contributed by atoms with E-state index < -0.39 is 28.7 Å². The number of hydrogen-bond acceptors (Lipinski definition) is 5. The van der Waals surface area contributed by atoms with E-state index in [1.165, 1.54) is 0 Å². The summed E-state index contributed by atoms with van der Waals surface area (Å²) in [5.41, 5.74) is 0. The number of thioether (sulfide) groups is 1. The summed E-state index contributed by atoms with van der Waals surface area (Å²) in [6.07, 6.45) is 5.27. The first-order valence-electron chi connectivity index (χ1n) is 12.6. The van der Waals surface area contributed by atoms with E-state index in [4.69, 9.17) is 0 Å². The number of aliphatic hydroxyl groups excluding tert-OH is 1. The minimum Gasteiger partial charge on any atom is -0.394 e. The molecular weight excluding hydrogens is 506 g/mol. The van der Waals surface area contributed by atoms with E-state index in [2.05, 4.69) is 33.5 Å². The number of rotatable bonds is 12. The van der Waals surface area contributed by atoms with Gasteiger partial charge in [0.05, 0.1) is 29.2 Å². The quantitative estimate of drug-likeness (QED) is 0.258. The number of likely N-dealkylation sites (tertiary alicyclic amines) is 1. The second-order valence-corrected chi connectivity index (χ2v) is 12.5. The van der Waals surface area contributed by atoms with Crippen LogP contribution in [0.4, 0.5) is 0 Å². The topological polar surface area (TPSA) is 98.7 Å². The lowest BCUT2D eigenvalue weighted by molar-refractivity contribution is -0.143. The number of halogens is 1. The Bertz CT molecular complexity index is 740. The van der Waals surface area contributed by atoms with E-state index in [1.54, 1.807) is 16.7 Å². The van der Waals surface area contributed by atoms with E-state index in [9.17, 15) is 19.5 Å². The number of carbonyl (C=O) groups is 3. The van der Waals surface area contributed by atoms with Gasteiger partial charge < -0.3 is 20.6 Å². The lowest BCUT2D eigenvalue weighted by Gasteiger charge is -2.39. The standard InChI is InChI=1S/C24H40BrN3O4S/c1-5-8-9-11-27-22(31)20-24-12-15(25)19(33-24)17(21(30)26-10-6-2)18(24)23(32)28(20)16(13-29)14(4)7-3/h14-20,29H,5-13H2,1-4H3,(H,26,30)(H,27,31)/t14-,15?,16-,17+,18-,19+,20?,24?/m0/s1. The molecule has 3 fully saturated rings. The fraction of sp³-hybridized carbons (Fsp3) is 0.875. The SMILES string of the molecule is CCCCCNC(=O)C1N([C@@H](CO)[C@@H](C)CC)C(=O)[C@@H]2[C@@H](C(=O)NCCC)[C@@H]3SC12CC3Br. The summed E-state index contributed by atoms with van der Waals surface area (Å²) in [6, 6.07) is -1.12. The molecule has 0 aromatic rings. The van der Waals surface area contributed by atoms with Gasteiger partial charge in [-0.3, -0.25) is 14.4 Å². The Balaban J connectivity index is 1.99. The fourth-order valence-corrected chi connectivity index (χ4v) is 9.49. The number of alkyl halides is 1. The molecule has 3 amide bonds. The van der Waals surface area contributed by atoms with Gasteiger partial charge >= 0.3 is 0 Å². The predicted octanol–water partition coefficient (Wildman–Crippen LogP) is 2.69. The molecule has 188 valence electrons. The third-order valence-corrected chi connectivity index (χ3v) is 11.0. The number of hydrogen-bond donors (Lipinski definition) is 3. The molecule has 1 spiro atoms. The van der Waals surface area contributed by atoms with Gasteiger partial charge in [0, 0.05) is 23.2 Å². The molecule has 3 saturated heterocycles. The predicted molar refractivity (Wildman–Crippen MR) is 135 cm³/mol. The summed E-state index contributed by atoms with van der Waals surface area (Å²) in [6.45, 7) is 9.12. The smallest absolute Gasteiger partial charge is 0.244 e. The van der Waals surface area contributed by atoms with Gasteiger partial charge in [0.15, 0.2) is 0 Å². The summed E-state index contributed by atoms with van der Waals surface area (Å²) < 4.78 is -0.653. The minimum absolute atomic E-state index is 0.0375. The Labute approximate surface area is 210 Å². The first-order valence-corrected chi connectivity index (χ1v) is 14.4. The Kier molecular flexibility index (Phi) is 9.17. The van der Waals surface area contributed by atoms with Crippen molar-refractivity contribution in [1.82, 2.24) is 15.5 Å². The molecular formula is C24H40BrN3O4S. The zero-order valence-corrected chi connectivity index (χ0v) is 22.7. The maximum absolute atomic E-state index is 14.0. The van der Waals surface area contributed by atoms with Gasteiger partial charge in [-0.1, -0.05) is 62.9 Å². The second-order valence-electron chi connectivity index (χ2n) is 9.83. The van der Waals surface area contributed by atoms with Crippen molar-refractivity contribution >= 4 is 45.4 Å². The van der Waals surface area contributed by atoms with Crippen LogP contribution in [0.2, 0.25) is 0 Å². The number of unbranched alkanes of at least 4 members (excludes halogenated alkanes) is 2. The molecule has 3 aliphatic rings. The van der Waals surface area contributed by atoms with Gasteiger partial charge in [-0.15, -0.1) is 11.8 Å². The van der Waals surface area contributed by atoms with Crippen LogP contribution >= 0.6 is 27.7 Å². The van der Waals surface area contributed by atoms with Crippen LogP contribution in [0.3, 0.4) is 0 Å². The molecule has 0 aromatic carbocycles. The number of fused-ring (bicyclic) bond motifs is 1. The van der Waals surface area contributed by atoms with Crippen molar-refractivity contribution in [1.29, 1.82) is 0 Å². The van der Waals surface area contributed by atoms with E-state index in [0.717, 1.165) is 32.1 Å². The van der Waals surface area contributed by atoms with E-state index in [0.29, 0.717) is 19.5 Å². The zero-order valence-electron chi connectivity index (χ0n) is 20.3. The summed E-state index contributed by atoms with van der Waals surface area (Å²) in [7, 11) is 0. The highest BCUT2D eigenvalue weighted by Crippen LogP contribution is 2.68. The molecule has 0 aromatic heterocycles. The second kappa shape index (κ2) is 11.3. The van der Waals surface area contributed by atoms with Crippen molar-refractivity contribution in [2.45, 2.75) is 93.1 Å². The molecule has 3 rings (SSSR count). The molecule has 9 heteroatoms. The molecule has 8 atom stereocenters. The van der Waals surface area contributed by atoms with Crippen molar-refractivity contribution in [3.05, 3.63) is 0 Å². The molecule has 3 N–H and O–H groups in total. The summed E-state index contributed by atoms with van der Waals surface area (Å²) >= 11 is 5.43. The Morgan fingerprint density at radius 2 is 1.88 bits per heavy atom. The summed E-state index contributed by atoms with van der Waals surface area (Å²) in [5, 5.41) is 16.4. The molecule has 0 radical (unpaired) electrons. The van der Waals surface area contributed by atoms with E-state index in [-0.39, 0.29) is 40.3 Å². The summed E-state index contributed by atoms with van der Waals surface area (Å²) in [5.74, 6) is -1.35. The van der Waals surface area contributed by atoms with E-state index >= 15 is 0 Å². The number of aliphatic hydroxyl groups is 1. The highest BCUT2D eigenvalue weighted by molar-refractivity contribution is 9.09. The Hall–Kier alpha value is -0.800. The van der Waals surface area contributed by atoms with Crippen LogP contribution in [0.1, 0.15) is 66.2 Å². The van der Waals surface area contributed by atoms with Gasteiger partial charge in [-0.25, -0.2) is 0 Å². The number of nitrogens with zero attached hydrogens (tertiary/aromatic N) is 1. The van der Waals surface area contributed by atoms with Crippen molar-refractivity contribution in [2.75, 3.05) is 19.7 Å². The van der Waals surface area contributed by atoms with Crippen LogP contribution in [0.5, 0.6) is 0 Å². The van der Waals surface area contributed by atoms with E-state index in [1.807, 2.05) is 20.8 Å². The Morgan fingerprint density at radius 1 is 1.18 bits per heavy atom. The lowest BCUT2D eigenvalue weighted by atomic mass is 9.70. The van der Waals surface area contributed by atoms with Crippen LogP contribution in [0, 0.1) is 17.8 Å². The highest BCUT2D eigenvalue weighted by Gasteiger charge is 2.76. The number of amides is 3. The van der Waals surface area contributed by atoms with Gasteiger partial charge in [-0.2, -0.15) is 0 Å². The van der Waals surface area contributed by atoms with Crippen molar-refractivity contribution in [3.63, 3.8) is 0 Å². The first-order chi connectivity index (χ1) is 15.8. The maximum atomic E-state index is 14.0. The molecule has 2 bridgehead atoms. The van der Waals surface area contributed by atoms with Gasteiger partial charge in [-0.05, 0) is 25.2 Å². The molecule has 3 aliphatic heterocycles. The Morgan fingerprint density at radius 3 is 2.48 bits per heavy atom. The zero-order chi connectivity index (χ0) is 24.3. The maximum Gasteiger partial charge on any atom is 0.244 e. The van der Waals surface area contributed by atoms with Crippen LogP contribution in [-0.4, -0.2) is 74.3 Å². The van der Waals surface area contributed by atoms with Crippen molar-refractivity contribution < 1.29 is 19.5 Å². The minimum atomic E-state index is -0.679. The monoisotopic (exact) mass is 545 g/mol. The van der Waals surface area contributed by atoms with Crippen LogP contribution in [0.25, 0.3) is 0 Å². The average molecular weight is 547 g/mol. The molecule has 33 heavy (non-hydrogen) atoms. The third kappa shape index (κ3) is 4.70. The largest absolute Gasteiger partial charge is 0.394 e. The number of nitrogens with one attached hydrogen (secondary N) is 2. The van der Waals surface area contributed by atoms with Gasteiger partial charge in [0.25, 0.3) is 0 Å². The lowest BCUT2D eigenvalue weighted by Crippen LogP contribution is -2.58. The molecule has 0 saturated carbocycles. The van der Waals surface area contributed by atoms with Gasteiger partial charge in [0.2, 0.25) is 17.7 Å². The number of carbonyl (C=O) groups excluding carboxylic acids is 3. The first kappa shape index (κ1) is 26.8. The fourth-order valence-electron chi connectivity index (χ4n) is 5.89. The van der Waals surface area contributed by atoms with Crippen molar-refractivity contribution in [3.8, 4) is 0 Å². The van der Waals surface area contributed by atoms with Gasteiger partial charge in [0.1, 0.15) is 6.04 Å². The van der Waals surface area contributed by atoms with Crippen molar-refractivity contribution in [2.24, 2.45) is 17.8 Å². The molecule has 3 unspecified atom stereocenters.